The molecule has 1 aliphatic rings. The van der Waals surface area contributed by atoms with E-state index in [0.29, 0.717) is 6.61 Å². The Morgan fingerprint density at radius 2 is 2.25 bits per heavy atom. The maximum absolute atomic E-state index is 6.26. The summed E-state index contributed by atoms with van der Waals surface area (Å²) < 4.78 is 5.66. The molecular weight excluding hydrogens is 226 g/mol. The van der Waals surface area contributed by atoms with Gasteiger partial charge in [-0.1, -0.05) is 11.6 Å². The first-order valence-corrected chi connectivity index (χ1v) is 5.74. The maximum Gasteiger partial charge on any atom is 0.124 e. The summed E-state index contributed by atoms with van der Waals surface area (Å²) in [4.78, 5) is 5.01. The molecule has 0 aliphatic carbocycles. The molecule has 0 saturated carbocycles. The van der Waals surface area contributed by atoms with Gasteiger partial charge in [-0.2, -0.15) is 5.48 Å². The van der Waals surface area contributed by atoms with Gasteiger partial charge in [0.1, 0.15) is 5.75 Å². The predicted octanol–water partition coefficient (Wildman–Crippen LogP) is 2.93. The fraction of sp³-hybridized carbons (Fsp3) is 0.500. The van der Waals surface area contributed by atoms with Gasteiger partial charge >= 0.3 is 0 Å². The highest BCUT2D eigenvalue weighted by Gasteiger charge is 2.25. The van der Waals surface area contributed by atoms with E-state index in [2.05, 4.69) is 5.48 Å². The third kappa shape index (κ3) is 1.90. The van der Waals surface area contributed by atoms with Crippen molar-refractivity contribution in [2.45, 2.75) is 26.3 Å². The maximum atomic E-state index is 6.26. The van der Waals surface area contributed by atoms with Crippen molar-refractivity contribution in [3.8, 4) is 5.75 Å². The normalized spacial score (nSPS) is 19.1. The molecule has 0 aromatic heterocycles. The molecular formula is C12H16ClNO2. The Morgan fingerprint density at radius 3 is 2.94 bits per heavy atom. The van der Waals surface area contributed by atoms with Gasteiger partial charge in [0.15, 0.2) is 0 Å². The number of rotatable bonds is 2. The number of hydroxylamine groups is 1. The average Bonchev–Trinajstić information content (AvgIpc) is 2.26. The van der Waals surface area contributed by atoms with Gasteiger partial charge in [-0.15, -0.1) is 0 Å². The summed E-state index contributed by atoms with van der Waals surface area (Å²) in [5, 5.41) is 0.812. The fourth-order valence-corrected chi connectivity index (χ4v) is 2.34. The van der Waals surface area contributed by atoms with Crippen molar-refractivity contribution in [1.29, 1.82) is 0 Å². The molecule has 1 aliphatic heterocycles. The van der Waals surface area contributed by atoms with Crippen LogP contribution in [-0.4, -0.2) is 13.7 Å². The lowest BCUT2D eigenvalue weighted by atomic mass is 9.94. The first-order valence-electron chi connectivity index (χ1n) is 5.36. The predicted molar refractivity (Wildman–Crippen MR) is 63.9 cm³/mol. The Kier molecular flexibility index (Phi) is 3.38. The van der Waals surface area contributed by atoms with E-state index in [-0.39, 0.29) is 6.04 Å². The van der Waals surface area contributed by atoms with Gasteiger partial charge in [0.2, 0.25) is 0 Å². The van der Waals surface area contributed by atoms with Crippen molar-refractivity contribution < 1.29 is 9.57 Å². The smallest absolute Gasteiger partial charge is 0.124 e. The number of halogens is 1. The summed E-state index contributed by atoms with van der Waals surface area (Å²) in [6.07, 6.45) is 0.890. The van der Waals surface area contributed by atoms with E-state index in [1.54, 1.807) is 7.11 Å². The fourth-order valence-electron chi connectivity index (χ4n) is 2.18. The van der Waals surface area contributed by atoms with Crippen molar-refractivity contribution >= 4 is 11.6 Å². The van der Waals surface area contributed by atoms with Crippen LogP contribution in [0.2, 0.25) is 5.02 Å². The summed E-state index contributed by atoms with van der Waals surface area (Å²) in [5.41, 5.74) is 6.23. The minimum Gasteiger partial charge on any atom is -0.493 e. The number of benzene rings is 1. The Morgan fingerprint density at radius 1 is 1.50 bits per heavy atom. The van der Waals surface area contributed by atoms with Crippen LogP contribution in [-0.2, 0) is 4.84 Å². The van der Waals surface area contributed by atoms with E-state index in [1.807, 2.05) is 19.9 Å². The van der Waals surface area contributed by atoms with Crippen LogP contribution in [0.4, 0.5) is 0 Å². The lowest BCUT2D eigenvalue weighted by Gasteiger charge is -2.28. The van der Waals surface area contributed by atoms with Gasteiger partial charge in [0, 0.05) is 17.0 Å². The third-order valence-electron chi connectivity index (χ3n) is 2.97. The van der Waals surface area contributed by atoms with Crippen LogP contribution in [0.15, 0.2) is 6.07 Å². The highest BCUT2D eigenvalue weighted by atomic mass is 35.5. The molecule has 1 aromatic carbocycles. The second-order valence-electron chi connectivity index (χ2n) is 4.06. The Hall–Kier alpha value is -0.770. The highest BCUT2D eigenvalue weighted by molar-refractivity contribution is 6.32. The monoisotopic (exact) mass is 241 g/mol. The van der Waals surface area contributed by atoms with Crippen molar-refractivity contribution in [1.82, 2.24) is 5.48 Å². The lowest BCUT2D eigenvalue weighted by Crippen LogP contribution is -2.27. The van der Waals surface area contributed by atoms with Crippen LogP contribution in [0.25, 0.3) is 0 Å². The second kappa shape index (κ2) is 4.62. The van der Waals surface area contributed by atoms with Gasteiger partial charge in [-0.3, -0.25) is 0 Å². The van der Waals surface area contributed by atoms with Crippen LogP contribution in [0.3, 0.4) is 0 Å². The summed E-state index contributed by atoms with van der Waals surface area (Å²) in [7, 11) is 1.63. The van der Waals surface area contributed by atoms with Crippen LogP contribution < -0.4 is 10.2 Å². The molecule has 0 spiro atoms. The van der Waals surface area contributed by atoms with Crippen molar-refractivity contribution in [3.63, 3.8) is 0 Å². The Bertz CT molecular complexity index is 406. The van der Waals surface area contributed by atoms with Crippen LogP contribution in [0.1, 0.15) is 29.2 Å². The largest absolute Gasteiger partial charge is 0.493 e. The molecule has 0 amide bonds. The summed E-state index contributed by atoms with van der Waals surface area (Å²) in [5.74, 6) is 0.917. The molecule has 0 fully saturated rings. The van der Waals surface area contributed by atoms with E-state index in [0.717, 1.165) is 33.9 Å². The van der Waals surface area contributed by atoms with Crippen molar-refractivity contribution in [2.24, 2.45) is 0 Å². The van der Waals surface area contributed by atoms with E-state index >= 15 is 0 Å². The molecule has 1 heterocycles. The molecule has 2 rings (SSSR count). The third-order valence-corrected chi connectivity index (χ3v) is 3.55. The van der Waals surface area contributed by atoms with Crippen molar-refractivity contribution in [2.75, 3.05) is 13.7 Å². The molecule has 0 bridgehead atoms. The van der Waals surface area contributed by atoms with E-state index in [9.17, 15) is 0 Å². The highest BCUT2D eigenvalue weighted by Crippen LogP contribution is 2.39. The zero-order valence-corrected chi connectivity index (χ0v) is 10.5. The van der Waals surface area contributed by atoms with E-state index < -0.39 is 0 Å². The van der Waals surface area contributed by atoms with Crippen LogP contribution >= 0.6 is 11.6 Å². The zero-order valence-electron chi connectivity index (χ0n) is 9.76. The minimum absolute atomic E-state index is 0.159. The number of hydrogen-bond donors (Lipinski definition) is 1. The van der Waals surface area contributed by atoms with E-state index in [4.69, 9.17) is 21.2 Å². The topological polar surface area (TPSA) is 30.5 Å². The summed E-state index contributed by atoms with van der Waals surface area (Å²) in [6, 6.07) is 2.15. The second-order valence-corrected chi connectivity index (χ2v) is 4.43. The van der Waals surface area contributed by atoms with Gasteiger partial charge < -0.3 is 9.57 Å². The molecule has 1 unspecified atom stereocenters. The van der Waals surface area contributed by atoms with Crippen LogP contribution in [0, 0.1) is 13.8 Å². The molecule has 4 heteroatoms. The average molecular weight is 242 g/mol. The summed E-state index contributed by atoms with van der Waals surface area (Å²) >= 11 is 6.26. The summed E-state index contributed by atoms with van der Waals surface area (Å²) in [6.45, 7) is 4.72. The minimum atomic E-state index is 0.159. The number of ether oxygens (including phenoxy) is 1. The lowest BCUT2D eigenvalue weighted by molar-refractivity contribution is 0.0460. The van der Waals surface area contributed by atoms with Crippen molar-refractivity contribution in [3.05, 3.63) is 27.8 Å². The number of hydrogen-bond acceptors (Lipinski definition) is 3. The SMILES string of the molecule is CONC1CCOc2cc(C)c(Cl)c(C)c21. The van der Waals surface area contributed by atoms with Gasteiger partial charge in [0.05, 0.1) is 19.8 Å². The Balaban J connectivity index is 2.50. The molecule has 1 atom stereocenters. The number of aryl methyl sites for hydroxylation is 1. The molecule has 1 N–H and O–H groups in total. The molecule has 88 valence electrons. The molecule has 16 heavy (non-hydrogen) atoms. The first kappa shape index (κ1) is 11.7. The Labute approximate surface area is 101 Å². The molecule has 1 aromatic rings. The molecule has 0 saturated heterocycles. The quantitative estimate of drug-likeness (QED) is 0.808. The van der Waals surface area contributed by atoms with Crippen LogP contribution in [0.5, 0.6) is 5.75 Å². The number of nitrogens with one attached hydrogen (secondary N) is 1. The first-order chi connectivity index (χ1) is 7.65. The standard InChI is InChI=1S/C12H16ClNO2/c1-7-6-10-11(8(2)12(7)13)9(14-15-3)4-5-16-10/h6,9,14H,4-5H2,1-3H3. The van der Waals surface area contributed by atoms with E-state index in [1.165, 1.54) is 0 Å². The molecule has 3 nitrogen and oxygen atoms in total. The zero-order chi connectivity index (χ0) is 11.7. The molecule has 0 radical (unpaired) electrons. The van der Waals surface area contributed by atoms with Gasteiger partial charge in [-0.25, -0.2) is 0 Å². The number of fused-ring (bicyclic) bond motifs is 1. The van der Waals surface area contributed by atoms with Gasteiger partial charge in [0.25, 0.3) is 0 Å². The van der Waals surface area contributed by atoms with Gasteiger partial charge in [-0.05, 0) is 31.0 Å².